The molecule has 3 rings (SSSR count). The van der Waals surface area contributed by atoms with E-state index in [4.69, 9.17) is 8.94 Å². The van der Waals surface area contributed by atoms with Gasteiger partial charge >= 0.3 is 13.7 Å². The van der Waals surface area contributed by atoms with E-state index in [1.165, 1.54) is 11.3 Å². The van der Waals surface area contributed by atoms with Crippen molar-refractivity contribution < 1.29 is 33.1 Å². The van der Waals surface area contributed by atoms with Gasteiger partial charge in [0.25, 0.3) is 0 Å². The summed E-state index contributed by atoms with van der Waals surface area (Å²) in [6.07, 6.45) is 1.60. The first kappa shape index (κ1) is 25.9. The lowest BCUT2D eigenvalue weighted by Gasteiger charge is -2.26. The van der Waals surface area contributed by atoms with E-state index in [-0.39, 0.29) is 13.0 Å². The monoisotopic (exact) mass is 506 g/mol. The zero-order valence-electron chi connectivity index (χ0n) is 18.7. The molecule has 0 aliphatic carbocycles. The van der Waals surface area contributed by atoms with Gasteiger partial charge in [0.1, 0.15) is 11.8 Å². The van der Waals surface area contributed by atoms with E-state index in [0.717, 1.165) is 10.4 Å². The van der Waals surface area contributed by atoms with Crippen LogP contribution in [0.15, 0.2) is 64.6 Å². The number of nitrogens with one attached hydrogen (secondary N) is 2. The third-order valence-electron chi connectivity index (χ3n) is 5.03. The fraction of sp³-hybridized carbons (Fsp3) is 0.304. The van der Waals surface area contributed by atoms with Crippen LogP contribution in [0.5, 0.6) is 0 Å². The summed E-state index contributed by atoms with van der Waals surface area (Å²) in [5, 5.41) is 16.3. The summed E-state index contributed by atoms with van der Waals surface area (Å²) >= 11 is 1.37. The van der Waals surface area contributed by atoms with Crippen molar-refractivity contribution in [1.82, 2.24) is 10.4 Å². The van der Waals surface area contributed by atoms with E-state index in [0.29, 0.717) is 11.3 Å². The first-order valence-electron chi connectivity index (χ1n) is 10.6. The van der Waals surface area contributed by atoms with Crippen molar-refractivity contribution in [3.05, 3.63) is 70.6 Å². The van der Waals surface area contributed by atoms with E-state index in [1.54, 1.807) is 62.6 Å². The quantitative estimate of drug-likeness (QED) is 0.270. The highest BCUT2D eigenvalue weighted by atomic mass is 32.1. The van der Waals surface area contributed by atoms with Crippen LogP contribution in [0.3, 0.4) is 0 Å². The van der Waals surface area contributed by atoms with Crippen LogP contribution in [0.4, 0.5) is 0 Å². The zero-order chi connectivity index (χ0) is 24.7. The van der Waals surface area contributed by atoms with Crippen molar-refractivity contribution in [2.75, 3.05) is 0 Å². The van der Waals surface area contributed by atoms with Crippen LogP contribution >= 0.6 is 19.1 Å². The van der Waals surface area contributed by atoms with Crippen LogP contribution in [0.2, 0.25) is 0 Å². The van der Waals surface area contributed by atoms with Crippen molar-refractivity contribution in [1.29, 1.82) is 0 Å². The zero-order valence-corrected chi connectivity index (χ0v) is 20.4. The van der Waals surface area contributed by atoms with E-state index >= 15 is 0 Å². The summed E-state index contributed by atoms with van der Waals surface area (Å²) in [5.74, 6) is -1.64. The van der Waals surface area contributed by atoms with Crippen molar-refractivity contribution in [3.8, 4) is 11.3 Å². The topological polar surface area (TPSA) is 138 Å². The molecule has 3 aromatic rings. The molecule has 0 saturated carbocycles. The second-order valence-corrected chi connectivity index (χ2v) is 10.6. The number of hydrogen-bond acceptors (Lipinski definition) is 6. The van der Waals surface area contributed by atoms with Crippen LogP contribution < -0.4 is 10.4 Å². The third-order valence-corrected chi connectivity index (χ3v) is 6.96. The molecule has 11 heteroatoms. The molecule has 0 aliphatic heterocycles. The van der Waals surface area contributed by atoms with E-state index in [1.807, 2.05) is 11.4 Å². The minimum Gasteiger partial charge on any atom is -0.480 e. The number of carbonyl (C=O) groups is 2. The van der Waals surface area contributed by atoms with Crippen molar-refractivity contribution in [3.63, 3.8) is 0 Å². The SMILES string of the molecule is CC(C)[C@H](NP(=O)(O)OCc1cccs1)C(=O)N[C@@H](Cc1ccc(-c2ccco2)cc1)C(=O)O. The number of benzene rings is 1. The van der Waals surface area contributed by atoms with Gasteiger partial charge in [-0.05, 0) is 35.1 Å². The maximum atomic E-state index is 12.9. The molecule has 0 fully saturated rings. The maximum absolute atomic E-state index is 12.9. The molecule has 0 aliphatic rings. The molecular weight excluding hydrogens is 479 g/mol. The lowest BCUT2D eigenvalue weighted by Crippen LogP contribution is -2.52. The lowest BCUT2D eigenvalue weighted by atomic mass is 10.0. The van der Waals surface area contributed by atoms with Crippen LogP contribution in [0.25, 0.3) is 11.3 Å². The number of carboxylic acids is 1. The van der Waals surface area contributed by atoms with Gasteiger partial charge in [0.05, 0.1) is 18.9 Å². The van der Waals surface area contributed by atoms with E-state index in [2.05, 4.69) is 10.4 Å². The van der Waals surface area contributed by atoms with Gasteiger partial charge in [0.2, 0.25) is 5.91 Å². The number of amides is 1. The van der Waals surface area contributed by atoms with Gasteiger partial charge in [0.15, 0.2) is 0 Å². The molecule has 0 radical (unpaired) electrons. The summed E-state index contributed by atoms with van der Waals surface area (Å²) in [7, 11) is -4.32. The fourth-order valence-corrected chi connectivity index (χ4v) is 5.07. The number of rotatable bonds is 12. The summed E-state index contributed by atoms with van der Waals surface area (Å²) in [6, 6.07) is 11.9. The number of furan rings is 1. The number of carboxylic acid groups (broad SMARTS) is 1. The molecular formula is C23H27N2O7PS. The molecule has 2 heterocycles. The average Bonchev–Trinajstić information content (AvgIpc) is 3.50. The highest BCUT2D eigenvalue weighted by molar-refractivity contribution is 7.50. The number of thiophene rings is 1. The second-order valence-electron chi connectivity index (χ2n) is 8.00. The van der Waals surface area contributed by atoms with Crippen LogP contribution in [-0.4, -0.2) is 34.0 Å². The van der Waals surface area contributed by atoms with Crippen molar-refractivity contribution in [2.24, 2.45) is 5.92 Å². The largest absolute Gasteiger partial charge is 0.480 e. The van der Waals surface area contributed by atoms with Gasteiger partial charge in [-0.1, -0.05) is 44.2 Å². The molecule has 9 nitrogen and oxygen atoms in total. The second kappa shape index (κ2) is 11.6. The highest BCUT2D eigenvalue weighted by Gasteiger charge is 2.33. The number of hydrogen-bond donors (Lipinski definition) is 4. The van der Waals surface area contributed by atoms with Crippen LogP contribution in [0, 0.1) is 5.92 Å². The standard InChI is InChI=1S/C23H27N2O7PS/c1-15(2)21(25-33(29,30)32-14-18-5-4-12-34-18)22(26)24-19(23(27)28)13-16-7-9-17(10-8-16)20-6-3-11-31-20/h3-12,15,19,21H,13-14H2,1-2H3,(H,24,26)(H,27,28)(H2,25,29,30)/t19-,21-/m0/s1. The molecule has 2 aromatic heterocycles. The lowest BCUT2D eigenvalue weighted by molar-refractivity contribution is -0.142. The Kier molecular flexibility index (Phi) is 8.82. The Morgan fingerprint density at radius 1 is 1.15 bits per heavy atom. The molecule has 182 valence electrons. The van der Waals surface area contributed by atoms with Gasteiger partial charge in [-0.25, -0.2) is 14.4 Å². The van der Waals surface area contributed by atoms with Gasteiger partial charge in [-0.15, -0.1) is 11.3 Å². The Morgan fingerprint density at radius 3 is 2.44 bits per heavy atom. The molecule has 0 spiro atoms. The Bertz CT molecular complexity index is 1110. The summed E-state index contributed by atoms with van der Waals surface area (Å²) in [5.41, 5.74) is 1.54. The molecule has 3 atom stereocenters. The summed E-state index contributed by atoms with van der Waals surface area (Å²) in [4.78, 5) is 35.6. The number of carbonyl (C=O) groups excluding carboxylic acids is 1. The Hall–Kier alpha value is -2.75. The normalized spacial score (nSPS) is 14.9. The Balaban J connectivity index is 1.63. The Morgan fingerprint density at radius 2 is 1.88 bits per heavy atom. The fourth-order valence-electron chi connectivity index (χ4n) is 3.21. The summed E-state index contributed by atoms with van der Waals surface area (Å²) in [6.45, 7) is 3.27. The van der Waals surface area contributed by atoms with Gasteiger partial charge in [-0.3, -0.25) is 9.32 Å². The molecule has 0 saturated heterocycles. The molecule has 34 heavy (non-hydrogen) atoms. The number of aliphatic carboxylic acids is 1. The molecule has 4 N–H and O–H groups in total. The van der Waals surface area contributed by atoms with Gasteiger partial charge in [0, 0.05) is 16.9 Å². The highest BCUT2D eigenvalue weighted by Crippen LogP contribution is 2.39. The minimum absolute atomic E-state index is 0.0377. The molecule has 1 aromatic carbocycles. The van der Waals surface area contributed by atoms with Gasteiger partial charge in [-0.2, -0.15) is 0 Å². The average molecular weight is 507 g/mol. The first-order valence-corrected chi connectivity index (χ1v) is 13.0. The Labute approximate surface area is 201 Å². The van der Waals surface area contributed by atoms with E-state index in [9.17, 15) is 24.2 Å². The van der Waals surface area contributed by atoms with Crippen molar-refractivity contribution in [2.45, 2.75) is 39.0 Å². The molecule has 0 bridgehead atoms. The molecule has 1 amide bonds. The predicted octanol–water partition coefficient (Wildman–Crippen LogP) is 4.05. The van der Waals surface area contributed by atoms with Gasteiger partial charge < -0.3 is 19.7 Å². The third kappa shape index (κ3) is 7.38. The predicted molar refractivity (Wildman–Crippen MR) is 128 cm³/mol. The summed E-state index contributed by atoms with van der Waals surface area (Å²) < 4.78 is 22.9. The maximum Gasteiger partial charge on any atom is 0.403 e. The minimum atomic E-state index is -4.32. The molecule has 1 unspecified atom stereocenters. The van der Waals surface area contributed by atoms with Crippen LogP contribution in [-0.2, 0) is 31.7 Å². The first-order chi connectivity index (χ1) is 16.1. The van der Waals surface area contributed by atoms with Crippen molar-refractivity contribution >= 4 is 31.0 Å². The van der Waals surface area contributed by atoms with Crippen LogP contribution in [0.1, 0.15) is 24.3 Å². The smallest absolute Gasteiger partial charge is 0.403 e. The van der Waals surface area contributed by atoms with E-state index < -0.39 is 37.6 Å².